The van der Waals surface area contributed by atoms with Gasteiger partial charge in [-0.3, -0.25) is 9.59 Å². The summed E-state index contributed by atoms with van der Waals surface area (Å²) >= 11 is 0. The first-order valence-corrected chi connectivity index (χ1v) is 10.00. The van der Waals surface area contributed by atoms with Gasteiger partial charge in [-0.05, 0) is 52.9 Å². The van der Waals surface area contributed by atoms with Crippen molar-refractivity contribution in [3.63, 3.8) is 0 Å². The number of hydrogen-bond acceptors (Lipinski definition) is 4. The number of carbonyl (C=O) groups excluding carboxylic acids is 2. The summed E-state index contributed by atoms with van der Waals surface area (Å²) < 4.78 is 0. The Balaban J connectivity index is 1.82. The smallest absolute Gasteiger partial charge is 0.257 e. The number of carbonyl (C=O) groups is 2. The highest BCUT2D eigenvalue weighted by Crippen LogP contribution is 2.35. The van der Waals surface area contributed by atoms with E-state index in [0.29, 0.717) is 30.2 Å². The Morgan fingerprint density at radius 2 is 1.88 bits per heavy atom. The van der Waals surface area contributed by atoms with Crippen LogP contribution in [0, 0.1) is 12.8 Å². The van der Waals surface area contributed by atoms with Gasteiger partial charge < -0.3 is 9.80 Å². The highest BCUT2D eigenvalue weighted by atomic mass is 16.2. The molecule has 1 atom stereocenters. The topological polar surface area (TPSA) is 66.4 Å². The minimum atomic E-state index is -0.0480. The van der Waals surface area contributed by atoms with Crippen molar-refractivity contribution in [2.45, 2.75) is 65.3 Å². The Bertz CT molecular complexity index is 668. The third-order valence-corrected chi connectivity index (χ3v) is 5.82. The van der Waals surface area contributed by atoms with Gasteiger partial charge in [0.1, 0.15) is 0 Å². The molecule has 0 spiro atoms. The number of nitrogens with zero attached hydrogens (tertiary/aromatic N) is 4. The first kappa shape index (κ1) is 18.8. The quantitative estimate of drug-likeness (QED) is 0.811. The molecule has 1 aliphatic carbocycles. The monoisotopic (exact) mass is 358 g/mol. The van der Waals surface area contributed by atoms with E-state index < -0.39 is 0 Å². The number of hydrogen-bond donors (Lipinski definition) is 0. The molecule has 1 saturated heterocycles. The molecule has 1 aromatic heterocycles. The molecular formula is C20H30N4O2. The number of aryl methyl sites for hydroxylation is 1. The van der Waals surface area contributed by atoms with E-state index in [1.807, 2.05) is 25.7 Å². The Labute approximate surface area is 156 Å². The molecule has 1 aliphatic heterocycles. The second-order valence-electron chi connectivity index (χ2n) is 7.38. The Hall–Kier alpha value is -1.98. The maximum atomic E-state index is 12.8. The van der Waals surface area contributed by atoms with E-state index in [1.54, 1.807) is 11.1 Å². The van der Waals surface area contributed by atoms with E-state index in [-0.39, 0.29) is 23.8 Å². The van der Waals surface area contributed by atoms with Gasteiger partial charge >= 0.3 is 0 Å². The lowest BCUT2D eigenvalue weighted by molar-refractivity contribution is -0.142. The van der Waals surface area contributed by atoms with Crippen LogP contribution < -0.4 is 0 Å². The third-order valence-electron chi connectivity index (χ3n) is 5.82. The van der Waals surface area contributed by atoms with Crippen molar-refractivity contribution in [3.05, 3.63) is 23.3 Å². The number of piperidine rings is 1. The van der Waals surface area contributed by atoms with Gasteiger partial charge in [0.05, 0.1) is 17.3 Å². The van der Waals surface area contributed by atoms with Gasteiger partial charge in [0, 0.05) is 31.7 Å². The fourth-order valence-corrected chi connectivity index (χ4v) is 3.89. The van der Waals surface area contributed by atoms with Crippen LogP contribution in [0.3, 0.4) is 0 Å². The van der Waals surface area contributed by atoms with Gasteiger partial charge in [-0.2, -0.15) is 0 Å². The number of rotatable bonds is 5. The van der Waals surface area contributed by atoms with E-state index in [1.165, 1.54) is 0 Å². The van der Waals surface area contributed by atoms with Crippen molar-refractivity contribution in [2.24, 2.45) is 5.92 Å². The van der Waals surface area contributed by atoms with Crippen molar-refractivity contribution in [2.75, 3.05) is 19.6 Å². The second kappa shape index (κ2) is 8.14. The van der Waals surface area contributed by atoms with Crippen LogP contribution in [0.1, 0.15) is 80.3 Å². The summed E-state index contributed by atoms with van der Waals surface area (Å²) in [6.45, 7) is 7.94. The molecule has 0 aromatic carbocycles. The van der Waals surface area contributed by atoms with Gasteiger partial charge in [0.2, 0.25) is 5.91 Å². The highest BCUT2D eigenvalue weighted by Gasteiger charge is 2.36. The standard InChI is InChI=1S/C20H30N4O2/c1-4-23(5-2)20(26)16-13-21-18(22-14(16)3)17-11-6-7-12-24(17)19(25)15-9-8-10-15/h13,15,17H,4-12H2,1-3H3. The van der Waals surface area contributed by atoms with Crippen LogP contribution in [0.2, 0.25) is 0 Å². The molecule has 0 bridgehead atoms. The molecule has 1 aromatic rings. The lowest BCUT2D eigenvalue weighted by Crippen LogP contribution is -2.44. The lowest BCUT2D eigenvalue weighted by atomic mass is 9.83. The summed E-state index contributed by atoms with van der Waals surface area (Å²) in [5.74, 6) is 1.13. The van der Waals surface area contributed by atoms with Gasteiger partial charge in [-0.25, -0.2) is 9.97 Å². The summed E-state index contributed by atoms with van der Waals surface area (Å²) in [6, 6.07) is -0.0480. The zero-order valence-corrected chi connectivity index (χ0v) is 16.2. The SMILES string of the molecule is CCN(CC)C(=O)c1cnc(C2CCCCN2C(=O)C2CCC2)nc1C. The number of amides is 2. The van der Waals surface area contributed by atoms with Crippen LogP contribution in [-0.2, 0) is 4.79 Å². The molecule has 6 heteroatoms. The van der Waals surface area contributed by atoms with E-state index in [2.05, 4.69) is 9.97 Å². The van der Waals surface area contributed by atoms with Crippen molar-refractivity contribution in [1.82, 2.24) is 19.8 Å². The fourth-order valence-electron chi connectivity index (χ4n) is 3.89. The van der Waals surface area contributed by atoms with Crippen LogP contribution in [-0.4, -0.2) is 51.2 Å². The van der Waals surface area contributed by atoms with Crippen LogP contribution in [0.25, 0.3) is 0 Å². The highest BCUT2D eigenvalue weighted by molar-refractivity contribution is 5.94. The molecule has 142 valence electrons. The number of likely N-dealkylation sites (tertiary alicyclic amines) is 1. The molecule has 2 fully saturated rings. The van der Waals surface area contributed by atoms with E-state index in [4.69, 9.17) is 0 Å². The molecule has 2 amide bonds. The largest absolute Gasteiger partial charge is 0.339 e. The van der Waals surface area contributed by atoms with E-state index in [0.717, 1.165) is 45.1 Å². The van der Waals surface area contributed by atoms with Gasteiger partial charge in [0.25, 0.3) is 5.91 Å². The van der Waals surface area contributed by atoms with Gasteiger partial charge in [-0.15, -0.1) is 0 Å². The average molecular weight is 358 g/mol. The second-order valence-corrected chi connectivity index (χ2v) is 7.38. The molecule has 6 nitrogen and oxygen atoms in total. The molecule has 3 rings (SSSR count). The zero-order valence-electron chi connectivity index (χ0n) is 16.2. The zero-order chi connectivity index (χ0) is 18.7. The molecule has 2 aliphatic rings. The first-order valence-electron chi connectivity index (χ1n) is 10.00. The van der Waals surface area contributed by atoms with Gasteiger partial charge in [0.15, 0.2) is 5.82 Å². The minimum absolute atomic E-state index is 0.0231. The minimum Gasteiger partial charge on any atom is -0.339 e. The molecule has 0 N–H and O–H groups in total. The predicted octanol–water partition coefficient (Wildman–Crippen LogP) is 3.12. The fraction of sp³-hybridized carbons (Fsp3) is 0.700. The first-order chi connectivity index (χ1) is 12.6. The Morgan fingerprint density at radius 3 is 2.46 bits per heavy atom. The van der Waals surface area contributed by atoms with Crippen LogP contribution >= 0.6 is 0 Å². The normalized spacial score (nSPS) is 20.6. The summed E-state index contributed by atoms with van der Waals surface area (Å²) in [5, 5.41) is 0. The van der Waals surface area contributed by atoms with Crippen molar-refractivity contribution in [1.29, 1.82) is 0 Å². The molecule has 1 unspecified atom stereocenters. The maximum Gasteiger partial charge on any atom is 0.257 e. The van der Waals surface area contributed by atoms with Crippen molar-refractivity contribution in [3.8, 4) is 0 Å². The molecule has 2 heterocycles. The molecule has 1 saturated carbocycles. The summed E-state index contributed by atoms with van der Waals surface area (Å²) in [7, 11) is 0. The lowest BCUT2D eigenvalue weighted by Gasteiger charge is -2.39. The van der Waals surface area contributed by atoms with Crippen molar-refractivity contribution >= 4 is 11.8 Å². The average Bonchev–Trinajstić information content (AvgIpc) is 2.61. The predicted molar refractivity (Wildman–Crippen MR) is 99.7 cm³/mol. The summed E-state index contributed by atoms with van der Waals surface area (Å²) in [6.07, 6.45) is 7.87. The molecule has 26 heavy (non-hydrogen) atoms. The maximum absolute atomic E-state index is 12.8. The van der Waals surface area contributed by atoms with Crippen LogP contribution in [0.4, 0.5) is 0 Å². The molecule has 0 radical (unpaired) electrons. The Morgan fingerprint density at radius 1 is 1.15 bits per heavy atom. The van der Waals surface area contributed by atoms with Crippen molar-refractivity contribution < 1.29 is 9.59 Å². The summed E-state index contributed by atoms with van der Waals surface area (Å²) in [4.78, 5) is 38.3. The third kappa shape index (κ3) is 3.60. The number of aromatic nitrogens is 2. The van der Waals surface area contributed by atoms with E-state index >= 15 is 0 Å². The summed E-state index contributed by atoms with van der Waals surface area (Å²) in [5.41, 5.74) is 1.26. The van der Waals surface area contributed by atoms with E-state index in [9.17, 15) is 9.59 Å². The van der Waals surface area contributed by atoms with Gasteiger partial charge in [-0.1, -0.05) is 6.42 Å². The Kier molecular flexibility index (Phi) is 5.89. The van der Waals surface area contributed by atoms with Crippen LogP contribution in [0.5, 0.6) is 0 Å². The molecular weight excluding hydrogens is 328 g/mol. The van der Waals surface area contributed by atoms with Crippen LogP contribution in [0.15, 0.2) is 6.20 Å².